The highest BCUT2D eigenvalue weighted by Crippen LogP contribution is 2.35. The molecular formula is C12H19N3O2S. The maximum absolute atomic E-state index is 12.2. The summed E-state index contributed by atoms with van der Waals surface area (Å²) in [5.41, 5.74) is 6.02. The molecule has 0 radical (unpaired) electrons. The third-order valence-corrected chi connectivity index (χ3v) is 5.14. The Bertz CT molecular complexity index is 501. The minimum absolute atomic E-state index is 0.0689. The van der Waals surface area contributed by atoms with E-state index in [1.165, 1.54) is 12.3 Å². The minimum Gasteiger partial charge on any atom is -0.326 e. The summed E-state index contributed by atoms with van der Waals surface area (Å²) in [6, 6.07) is 3.20. The first-order valence-electron chi connectivity index (χ1n) is 6.20. The molecule has 2 rings (SSSR count). The maximum atomic E-state index is 12.2. The van der Waals surface area contributed by atoms with Crippen molar-refractivity contribution in [3.8, 4) is 0 Å². The lowest BCUT2D eigenvalue weighted by atomic mass is 9.76. The second-order valence-electron chi connectivity index (χ2n) is 4.80. The first kappa shape index (κ1) is 13.5. The van der Waals surface area contributed by atoms with Gasteiger partial charge in [0.2, 0.25) is 0 Å². The average Bonchev–Trinajstić information content (AvgIpc) is 2.34. The van der Waals surface area contributed by atoms with E-state index in [9.17, 15) is 8.42 Å². The smallest absolute Gasteiger partial charge is 0.258 e. The number of nitrogens with one attached hydrogen (secondary N) is 1. The number of nitrogens with zero attached hydrogens (tertiary/aromatic N) is 1. The molecule has 1 aliphatic carbocycles. The highest BCUT2D eigenvalue weighted by atomic mass is 32.2. The maximum Gasteiger partial charge on any atom is 0.258 e. The van der Waals surface area contributed by atoms with Crippen molar-refractivity contribution in [3.05, 3.63) is 23.9 Å². The molecule has 0 saturated heterocycles. The predicted molar refractivity (Wildman–Crippen MR) is 69.3 cm³/mol. The fraction of sp³-hybridized carbons (Fsp3) is 0.583. The molecule has 0 aromatic carbocycles. The molecule has 1 fully saturated rings. The number of nitrogens with two attached hydrogens (primary N) is 1. The van der Waals surface area contributed by atoms with E-state index in [0.717, 1.165) is 31.2 Å². The van der Waals surface area contributed by atoms with Crippen LogP contribution in [-0.2, 0) is 16.6 Å². The quantitative estimate of drug-likeness (QED) is 0.839. The van der Waals surface area contributed by atoms with Gasteiger partial charge in [0.25, 0.3) is 10.0 Å². The van der Waals surface area contributed by atoms with Crippen LogP contribution in [0, 0.1) is 0 Å². The Hall–Kier alpha value is -0.980. The van der Waals surface area contributed by atoms with Gasteiger partial charge < -0.3 is 5.73 Å². The molecule has 1 heterocycles. The second kappa shape index (κ2) is 4.95. The van der Waals surface area contributed by atoms with Gasteiger partial charge in [-0.15, -0.1) is 0 Å². The zero-order valence-corrected chi connectivity index (χ0v) is 11.3. The van der Waals surface area contributed by atoms with Crippen LogP contribution < -0.4 is 10.5 Å². The van der Waals surface area contributed by atoms with Gasteiger partial charge in [-0.1, -0.05) is 13.0 Å². The van der Waals surface area contributed by atoms with E-state index < -0.39 is 10.0 Å². The summed E-state index contributed by atoms with van der Waals surface area (Å²) >= 11 is 0. The molecule has 100 valence electrons. The summed E-state index contributed by atoms with van der Waals surface area (Å²) < 4.78 is 27.2. The molecule has 0 bridgehead atoms. The largest absolute Gasteiger partial charge is 0.326 e. The molecule has 1 saturated carbocycles. The van der Waals surface area contributed by atoms with Crippen LogP contribution in [0.2, 0.25) is 0 Å². The van der Waals surface area contributed by atoms with Crippen LogP contribution in [-0.4, -0.2) is 18.9 Å². The summed E-state index contributed by atoms with van der Waals surface area (Å²) in [5, 5.41) is 0.0689. The number of hydrogen-bond acceptors (Lipinski definition) is 4. The van der Waals surface area contributed by atoms with Crippen molar-refractivity contribution in [1.82, 2.24) is 9.71 Å². The predicted octanol–water partition coefficient (Wildman–Crippen LogP) is 1.15. The van der Waals surface area contributed by atoms with E-state index in [2.05, 4.69) is 9.71 Å². The normalized spacial score (nSPS) is 18.3. The van der Waals surface area contributed by atoms with Crippen molar-refractivity contribution in [2.75, 3.05) is 0 Å². The fourth-order valence-corrected chi connectivity index (χ4v) is 3.62. The molecule has 3 N–H and O–H groups in total. The molecule has 0 aliphatic heterocycles. The Kier molecular flexibility index (Phi) is 3.70. The van der Waals surface area contributed by atoms with Crippen molar-refractivity contribution in [2.24, 2.45) is 5.73 Å². The van der Waals surface area contributed by atoms with Gasteiger partial charge in [-0.05, 0) is 37.3 Å². The fourth-order valence-electron chi connectivity index (χ4n) is 2.16. The van der Waals surface area contributed by atoms with Crippen LogP contribution in [0.15, 0.2) is 23.4 Å². The number of hydrogen-bond donors (Lipinski definition) is 2. The second-order valence-corrected chi connectivity index (χ2v) is 6.43. The Morgan fingerprint density at radius 2 is 2.17 bits per heavy atom. The zero-order valence-electron chi connectivity index (χ0n) is 10.5. The molecule has 18 heavy (non-hydrogen) atoms. The number of aromatic nitrogens is 1. The molecule has 0 spiro atoms. The lowest BCUT2D eigenvalue weighted by molar-refractivity contribution is 0.213. The van der Waals surface area contributed by atoms with Crippen molar-refractivity contribution in [2.45, 2.75) is 49.7 Å². The van der Waals surface area contributed by atoms with Crippen LogP contribution >= 0.6 is 0 Å². The summed E-state index contributed by atoms with van der Waals surface area (Å²) in [6.07, 6.45) is 5.21. The first-order valence-corrected chi connectivity index (χ1v) is 7.69. The molecule has 1 aromatic rings. The molecule has 1 aromatic heterocycles. The van der Waals surface area contributed by atoms with Gasteiger partial charge >= 0.3 is 0 Å². The van der Waals surface area contributed by atoms with Gasteiger partial charge in [-0.3, -0.25) is 0 Å². The zero-order chi connectivity index (χ0) is 13.2. The van der Waals surface area contributed by atoms with E-state index in [4.69, 9.17) is 5.73 Å². The van der Waals surface area contributed by atoms with E-state index in [-0.39, 0.29) is 10.6 Å². The monoisotopic (exact) mass is 269 g/mol. The van der Waals surface area contributed by atoms with Gasteiger partial charge in [0.05, 0.1) is 0 Å². The van der Waals surface area contributed by atoms with Crippen LogP contribution in [0.25, 0.3) is 0 Å². The van der Waals surface area contributed by atoms with Crippen LogP contribution in [0.5, 0.6) is 0 Å². The van der Waals surface area contributed by atoms with Crippen molar-refractivity contribution < 1.29 is 8.42 Å². The number of pyridine rings is 1. The van der Waals surface area contributed by atoms with Gasteiger partial charge in [0, 0.05) is 18.3 Å². The Morgan fingerprint density at radius 3 is 2.56 bits per heavy atom. The third-order valence-electron chi connectivity index (χ3n) is 3.65. The van der Waals surface area contributed by atoms with Gasteiger partial charge in [-0.25, -0.2) is 18.1 Å². The van der Waals surface area contributed by atoms with Gasteiger partial charge in [0.1, 0.15) is 0 Å². The van der Waals surface area contributed by atoms with Crippen molar-refractivity contribution >= 4 is 10.0 Å². The van der Waals surface area contributed by atoms with Crippen LogP contribution in [0.3, 0.4) is 0 Å². The minimum atomic E-state index is -3.52. The highest BCUT2D eigenvalue weighted by Gasteiger charge is 2.39. The third kappa shape index (κ3) is 2.55. The Balaban J connectivity index is 2.19. The van der Waals surface area contributed by atoms with Gasteiger partial charge in [-0.2, -0.15) is 0 Å². The van der Waals surface area contributed by atoms with Crippen LogP contribution in [0.1, 0.15) is 38.2 Å². The molecular weight excluding hydrogens is 250 g/mol. The lowest BCUT2D eigenvalue weighted by Crippen LogP contribution is -2.52. The Morgan fingerprint density at radius 1 is 1.44 bits per heavy atom. The van der Waals surface area contributed by atoms with Crippen LogP contribution in [0.4, 0.5) is 0 Å². The highest BCUT2D eigenvalue weighted by molar-refractivity contribution is 7.89. The summed E-state index contributed by atoms with van der Waals surface area (Å²) in [5.74, 6) is 0. The van der Waals surface area contributed by atoms with E-state index in [1.54, 1.807) is 6.07 Å². The van der Waals surface area contributed by atoms with Crippen molar-refractivity contribution in [3.63, 3.8) is 0 Å². The summed E-state index contributed by atoms with van der Waals surface area (Å²) in [6.45, 7) is 2.37. The van der Waals surface area contributed by atoms with E-state index in [0.29, 0.717) is 6.54 Å². The van der Waals surface area contributed by atoms with E-state index >= 15 is 0 Å². The summed E-state index contributed by atoms with van der Waals surface area (Å²) in [4.78, 5) is 3.97. The molecule has 0 unspecified atom stereocenters. The lowest BCUT2D eigenvalue weighted by Gasteiger charge is -2.41. The molecule has 0 atom stereocenters. The van der Waals surface area contributed by atoms with Crippen molar-refractivity contribution in [1.29, 1.82) is 0 Å². The summed E-state index contributed by atoms with van der Waals surface area (Å²) in [7, 11) is -3.52. The van der Waals surface area contributed by atoms with Gasteiger partial charge in [0.15, 0.2) is 5.03 Å². The Labute approximate surface area is 108 Å². The topological polar surface area (TPSA) is 85.1 Å². The number of sulfonamides is 1. The van der Waals surface area contributed by atoms with E-state index in [1.807, 2.05) is 6.92 Å². The molecule has 1 aliphatic rings. The standard InChI is InChI=1S/C12H19N3O2S/c1-2-12(6-3-7-12)15-18(16,17)11-5-4-10(8-13)9-14-11/h4-5,9,15H,2-3,6-8,13H2,1H3. The number of rotatable bonds is 5. The SMILES string of the molecule is CCC1(NS(=O)(=O)c2ccc(CN)cn2)CCC1. The molecule has 6 heteroatoms. The molecule has 0 amide bonds. The molecule has 5 nitrogen and oxygen atoms in total. The average molecular weight is 269 g/mol. The first-order chi connectivity index (χ1) is 8.51.